The largest absolute Gasteiger partial charge is 0.464 e. The van der Waals surface area contributed by atoms with Crippen molar-refractivity contribution in [3.63, 3.8) is 0 Å². The zero-order valence-corrected chi connectivity index (χ0v) is 14.2. The Labute approximate surface area is 145 Å². The van der Waals surface area contributed by atoms with Gasteiger partial charge in [-0.2, -0.15) is 0 Å². The van der Waals surface area contributed by atoms with Gasteiger partial charge < -0.3 is 14.6 Å². The number of amides is 1. The summed E-state index contributed by atoms with van der Waals surface area (Å²) < 4.78 is 18.6. The first-order valence-corrected chi connectivity index (χ1v) is 8.03. The van der Waals surface area contributed by atoms with Crippen molar-refractivity contribution in [2.24, 2.45) is 0 Å². The monoisotopic (exact) mass is 345 g/mol. The summed E-state index contributed by atoms with van der Waals surface area (Å²) in [5, 5.41) is 0. The third kappa shape index (κ3) is 3.41. The number of H-pyrrole nitrogens is 1. The first kappa shape index (κ1) is 17.2. The Bertz CT molecular complexity index is 789. The highest BCUT2D eigenvalue weighted by Gasteiger charge is 2.36. The van der Waals surface area contributed by atoms with Gasteiger partial charge in [-0.25, -0.2) is 9.18 Å². The van der Waals surface area contributed by atoms with Gasteiger partial charge in [0.15, 0.2) is 0 Å². The molecule has 132 valence electrons. The Morgan fingerprint density at radius 1 is 1.44 bits per heavy atom. The highest BCUT2D eigenvalue weighted by atomic mass is 19.1. The van der Waals surface area contributed by atoms with E-state index in [-0.39, 0.29) is 11.9 Å². The van der Waals surface area contributed by atoms with Crippen LogP contribution in [0.3, 0.4) is 0 Å². The Morgan fingerprint density at radius 2 is 2.20 bits per heavy atom. The second kappa shape index (κ2) is 7.06. The molecule has 7 heteroatoms. The van der Waals surface area contributed by atoms with Crippen LogP contribution in [-0.4, -0.2) is 48.5 Å². The number of nitrogens with one attached hydrogen (secondary N) is 1. The van der Waals surface area contributed by atoms with Crippen molar-refractivity contribution in [2.45, 2.75) is 19.0 Å². The molecular formula is C18H20FN3O3. The first-order chi connectivity index (χ1) is 12.0. The van der Waals surface area contributed by atoms with Crippen molar-refractivity contribution in [1.29, 1.82) is 0 Å². The molecule has 0 spiro atoms. The average Bonchev–Trinajstić information content (AvgIpc) is 3.21. The summed E-state index contributed by atoms with van der Waals surface area (Å²) in [6.07, 6.45) is 2.34. The van der Waals surface area contributed by atoms with Gasteiger partial charge in [0.2, 0.25) is 5.91 Å². The topological polar surface area (TPSA) is 65.6 Å². The Hall–Kier alpha value is -2.67. The summed E-state index contributed by atoms with van der Waals surface area (Å²) >= 11 is 0. The third-order valence-corrected chi connectivity index (χ3v) is 4.43. The zero-order chi connectivity index (χ0) is 18.0. The molecule has 0 radical (unpaired) electrons. The van der Waals surface area contributed by atoms with Gasteiger partial charge >= 0.3 is 5.97 Å². The number of rotatable bonds is 5. The highest BCUT2D eigenvalue weighted by Crippen LogP contribution is 2.26. The molecule has 0 saturated carbocycles. The number of hydrogen-bond acceptors (Lipinski definition) is 4. The van der Waals surface area contributed by atoms with Gasteiger partial charge in [0.1, 0.15) is 11.5 Å². The van der Waals surface area contributed by atoms with Gasteiger partial charge in [-0.15, -0.1) is 0 Å². The Kier molecular flexibility index (Phi) is 4.85. The number of likely N-dealkylation sites (N-methyl/N-ethyl adjacent to an activating group) is 1. The van der Waals surface area contributed by atoms with Crippen LogP contribution in [0.5, 0.6) is 0 Å². The summed E-state index contributed by atoms with van der Waals surface area (Å²) in [5.41, 5.74) is 1.56. The molecule has 3 rings (SSSR count). The van der Waals surface area contributed by atoms with E-state index < -0.39 is 11.8 Å². The van der Waals surface area contributed by atoms with Crippen molar-refractivity contribution in [3.05, 3.63) is 53.6 Å². The summed E-state index contributed by atoms with van der Waals surface area (Å²) in [6, 6.07) is 7.68. The van der Waals surface area contributed by atoms with Crippen LogP contribution in [0.25, 0.3) is 0 Å². The quantitative estimate of drug-likeness (QED) is 0.844. The fourth-order valence-electron chi connectivity index (χ4n) is 3.14. The predicted octanol–water partition coefficient (Wildman–Crippen LogP) is 2.18. The summed E-state index contributed by atoms with van der Waals surface area (Å²) in [4.78, 5) is 30.4. The molecule has 1 amide bonds. The molecule has 1 aliphatic rings. The number of para-hydroxylation sites is 1. The minimum Gasteiger partial charge on any atom is -0.464 e. The Morgan fingerprint density at radius 3 is 2.92 bits per heavy atom. The second-order valence-corrected chi connectivity index (χ2v) is 6.07. The minimum atomic E-state index is -0.434. The fourth-order valence-corrected chi connectivity index (χ4v) is 3.14. The third-order valence-electron chi connectivity index (χ3n) is 4.43. The lowest BCUT2D eigenvalue weighted by molar-refractivity contribution is -0.121. The molecule has 2 heterocycles. The van der Waals surface area contributed by atoms with E-state index in [2.05, 4.69) is 9.72 Å². The van der Waals surface area contributed by atoms with E-state index in [9.17, 15) is 14.0 Å². The van der Waals surface area contributed by atoms with E-state index in [1.54, 1.807) is 30.5 Å². The van der Waals surface area contributed by atoms with Crippen molar-refractivity contribution >= 4 is 17.6 Å². The van der Waals surface area contributed by atoms with E-state index >= 15 is 0 Å². The molecule has 1 saturated heterocycles. The maximum Gasteiger partial charge on any atom is 0.354 e. The summed E-state index contributed by atoms with van der Waals surface area (Å²) in [6.45, 7) is 0.977. The normalized spacial score (nSPS) is 17.4. The molecule has 0 aliphatic carbocycles. The summed E-state index contributed by atoms with van der Waals surface area (Å²) in [5.74, 6) is -0.944. The van der Waals surface area contributed by atoms with Gasteiger partial charge in [-0.05, 0) is 37.2 Å². The van der Waals surface area contributed by atoms with Crippen LogP contribution < -0.4 is 4.90 Å². The number of carbonyl (C=O) groups excluding carboxylic acids is 2. The van der Waals surface area contributed by atoms with Crippen LogP contribution in [-0.2, 0) is 16.1 Å². The number of hydrogen-bond donors (Lipinski definition) is 1. The molecule has 1 aliphatic heterocycles. The van der Waals surface area contributed by atoms with Gasteiger partial charge in [-0.3, -0.25) is 9.69 Å². The van der Waals surface area contributed by atoms with Crippen LogP contribution in [0.15, 0.2) is 36.5 Å². The van der Waals surface area contributed by atoms with Crippen molar-refractivity contribution in [1.82, 2.24) is 9.88 Å². The summed E-state index contributed by atoms with van der Waals surface area (Å²) in [7, 11) is 3.17. The lowest BCUT2D eigenvalue weighted by Crippen LogP contribution is -2.39. The van der Waals surface area contributed by atoms with Gasteiger partial charge in [0.05, 0.1) is 18.8 Å². The van der Waals surface area contributed by atoms with Crippen molar-refractivity contribution in [2.75, 3.05) is 25.6 Å². The number of ether oxygens (including phenoxy) is 1. The van der Waals surface area contributed by atoms with E-state index in [0.717, 1.165) is 5.56 Å². The number of aromatic amines is 1. The van der Waals surface area contributed by atoms with Crippen LogP contribution in [0, 0.1) is 5.82 Å². The van der Waals surface area contributed by atoms with E-state index in [1.165, 1.54) is 18.1 Å². The number of aromatic nitrogens is 1. The van der Waals surface area contributed by atoms with E-state index in [0.29, 0.717) is 30.9 Å². The number of methoxy groups -OCH3 is 1. The van der Waals surface area contributed by atoms with Crippen LogP contribution in [0.2, 0.25) is 0 Å². The number of halogens is 1. The average molecular weight is 345 g/mol. The molecule has 1 fully saturated rings. The van der Waals surface area contributed by atoms with E-state index in [1.807, 2.05) is 11.9 Å². The lowest BCUT2D eigenvalue weighted by atomic mass is 10.2. The Balaban J connectivity index is 1.68. The molecule has 6 nitrogen and oxygen atoms in total. The van der Waals surface area contributed by atoms with Gasteiger partial charge in [0.25, 0.3) is 0 Å². The zero-order valence-electron chi connectivity index (χ0n) is 14.2. The molecule has 1 atom stereocenters. The standard InChI is InChI=1S/C18H20FN3O3/c1-21(11-12-9-14(20-10-12)18(24)25-2)16-7-8-22(17(16)23)15-6-4-3-5-13(15)19/h3-6,9-10,16,20H,7-8,11H2,1-2H3/t16-/m1/s1. The highest BCUT2D eigenvalue weighted by molar-refractivity contribution is 5.99. The molecular weight excluding hydrogens is 325 g/mol. The molecule has 0 unspecified atom stereocenters. The molecule has 25 heavy (non-hydrogen) atoms. The molecule has 2 aromatic rings. The van der Waals surface area contributed by atoms with Gasteiger partial charge in [0, 0.05) is 19.3 Å². The van der Waals surface area contributed by atoms with Crippen LogP contribution in [0.4, 0.5) is 10.1 Å². The number of esters is 1. The lowest BCUT2D eigenvalue weighted by Gasteiger charge is -2.23. The maximum absolute atomic E-state index is 13.9. The van der Waals surface area contributed by atoms with E-state index in [4.69, 9.17) is 0 Å². The smallest absolute Gasteiger partial charge is 0.354 e. The number of nitrogens with zero attached hydrogens (tertiary/aromatic N) is 2. The molecule has 1 N–H and O–H groups in total. The van der Waals surface area contributed by atoms with Crippen LogP contribution in [0.1, 0.15) is 22.5 Å². The second-order valence-electron chi connectivity index (χ2n) is 6.07. The van der Waals surface area contributed by atoms with Crippen molar-refractivity contribution < 1.29 is 18.7 Å². The number of benzene rings is 1. The van der Waals surface area contributed by atoms with Gasteiger partial charge in [-0.1, -0.05) is 12.1 Å². The SMILES string of the molecule is COC(=O)c1cc(CN(C)[C@@H]2CCN(c3ccccc3F)C2=O)c[nH]1. The number of anilines is 1. The predicted molar refractivity (Wildman–Crippen MR) is 90.8 cm³/mol. The first-order valence-electron chi connectivity index (χ1n) is 8.03. The van der Waals surface area contributed by atoms with Crippen LogP contribution >= 0.6 is 0 Å². The molecule has 1 aromatic carbocycles. The number of carbonyl (C=O) groups is 2. The maximum atomic E-state index is 13.9. The molecule has 0 bridgehead atoms. The van der Waals surface area contributed by atoms with Crippen molar-refractivity contribution in [3.8, 4) is 0 Å². The molecule has 1 aromatic heterocycles. The minimum absolute atomic E-state index is 0.115. The fraction of sp³-hybridized carbons (Fsp3) is 0.333.